The van der Waals surface area contributed by atoms with Crippen molar-refractivity contribution in [3.8, 4) is 12.3 Å². The average Bonchev–Trinajstić information content (AvgIpc) is 2.83. The fraction of sp³-hybridized carbons (Fsp3) is 0.389. The summed E-state index contributed by atoms with van der Waals surface area (Å²) in [6, 6.07) is 4.34. The summed E-state index contributed by atoms with van der Waals surface area (Å²) >= 11 is 12.5. The SMILES string of the molecule is C#Cc1c(C(=O)OC)n(COCC[Si](C)(C)C)c2cc(Cl)cc(Cl)c12. The van der Waals surface area contributed by atoms with Gasteiger partial charge in [-0.2, -0.15) is 0 Å². The average molecular weight is 398 g/mol. The van der Waals surface area contributed by atoms with Crippen LogP contribution in [0.5, 0.6) is 0 Å². The van der Waals surface area contributed by atoms with Gasteiger partial charge in [-0.05, 0) is 18.2 Å². The van der Waals surface area contributed by atoms with Crippen LogP contribution in [-0.4, -0.2) is 32.3 Å². The minimum Gasteiger partial charge on any atom is -0.464 e. The van der Waals surface area contributed by atoms with Crippen LogP contribution in [0.3, 0.4) is 0 Å². The zero-order valence-corrected chi connectivity index (χ0v) is 17.3. The van der Waals surface area contributed by atoms with Gasteiger partial charge in [-0.1, -0.05) is 48.8 Å². The minimum absolute atomic E-state index is 0.170. The number of ether oxygens (including phenoxy) is 2. The van der Waals surface area contributed by atoms with Gasteiger partial charge in [0.25, 0.3) is 0 Å². The van der Waals surface area contributed by atoms with E-state index in [9.17, 15) is 4.79 Å². The predicted molar refractivity (Wildman–Crippen MR) is 105 cm³/mol. The number of hydrogen-bond donors (Lipinski definition) is 0. The van der Waals surface area contributed by atoms with Gasteiger partial charge in [0, 0.05) is 25.1 Å². The van der Waals surface area contributed by atoms with Crippen molar-refractivity contribution in [2.75, 3.05) is 13.7 Å². The van der Waals surface area contributed by atoms with Crippen LogP contribution >= 0.6 is 23.2 Å². The fourth-order valence-electron chi connectivity index (χ4n) is 2.51. The third kappa shape index (κ3) is 4.39. The maximum atomic E-state index is 12.3. The highest BCUT2D eigenvalue weighted by Crippen LogP contribution is 2.35. The maximum Gasteiger partial charge on any atom is 0.356 e. The van der Waals surface area contributed by atoms with Crippen molar-refractivity contribution >= 4 is 48.1 Å². The first-order valence-electron chi connectivity index (χ1n) is 7.83. The number of carbonyl (C=O) groups is 1. The molecule has 0 fully saturated rings. The fourth-order valence-corrected chi connectivity index (χ4v) is 3.85. The van der Waals surface area contributed by atoms with E-state index in [0.29, 0.717) is 33.1 Å². The Hall–Kier alpha value is -1.45. The number of terminal acetylenes is 1. The van der Waals surface area contributed by atoms with E-state index in [-0.39, 0.29) is 12.4 Å². The van der Waals surface area contributed by atoms with Crippen molar-refractivity contribution in [2.45, 2.75) is 32.4 Å². The highest BCUT2D eigenvalue weighted by molar-refractivity contribution is 6.76. The standard InChI is InChI=1S/C18H21Cl2NO3Si/c1-6-13-16-14(20)9-12(19)10-15(16)21(17(13)18(22)23-2)11-24-7-8-25(3,4)5/h1,9-10H,7-8,11H2,2-5H3. The molecule has 2 rings (SSSR count). The minimum atomic E-state index is -1.21. The summed E-state index contributed by atoms with van der Waals surface area (Å²) in [6.07, 6.45) is 5.64. The second kappa shape index (κ2) is 7.84. The van der Waals surface area contributed by atoms with Crippen LogP contribution in [0.15, 0.2) is 12.1 Å². The van der Waals surface area contributed by atoms with Gasteiger partial charge in [0.1, 0.15) is 12.4 Å². The van der Waals surface area contributed by atoms with Crippen molar-refractivity contribution in [1.29, 1.82) is 0 Å². The molecule has 7 heteroatoms. The quantitative estimate of drug-likeness (QED) is 0.297. The van der Waals surface area contributed by atoms with Gasteiger partial charge >= 0.3 is 5.97 Å². The van der Waals surface area contributed by atoms with Gasteiger partial charge in [-0.15, -0.1) is 6.42 Å². The summed E-state index contributed by atoms with van der Waals surface area (Å²) in [5, 5.41) is 1.45. The zero-order valence-electron chi connectivity index (χ0n) is 14.8. The number of nitrogens with zero attached hydrogens (tertiary/aromatic N) is 1. The maximum absolute atomic E-state index is 12.3. The number of halogens is 2. The lowest BCUT2D eigenvalue weighted by molar-refractivity contribution is 0.0545. The molecule has 1 aromatic heterocycles. The first-order valence-corrected chi connectivity index (χ1v) is 12.3. The molecular weight excluding hydrogens is 377 g/mol. The van der Waals surface area contributed by atoms with Crippen LogP contribution in [0.4, 0.5) is 0 Å². The predicted octanol–water partition coefficient (Wildman–Crippen LogP) is 5.03. The summed E-state index contributed by atoms with van der Waals surface area (Å²) in [6.45, 7) is 7.60. The van der Waals surface area contributed by atoms with E-state index in [2.05, 4.69) is 25.6 Å². The Bertz CT molecular complexity index is 847. The van der Waals surface area contributed by atoms with Crippen LogP contribution in [0.25, 0.3) is 10.9 Å². The molecule has 0 aliphatic rings. The van der Waals surface area contributed by atoms with Crippen molar-refractivity contribution in [3.63, 3.8) is 0 Å². The Morgan fingerprint density at radius 3 is 2.56 bits per heavy atom. The molecule has 2 aromatic rings. The number of hydrogen-bond acceptors (Lipinski definition) is 3. The van der Waals surface area contributed by atoms with E-state index in [1.165, 1.54) is 7.11 Å². The monoisotopic (exact) mass is 397 g/mol. The molecule has 0 amide bonds. The van der Waals surface area contributed by atoms with Crippen LogP contribution in [0.1, 0.15) is 16.1 Å². The molecule has 1 heterocycles. The van der Waals surface area contributed by atoms with E-state index < -0.39 is 14.0 Å². The molecule has 134 valence electrons. The highest BCUT2D eigenvalue weighted by Gasteiger charge is 2.25. The lowest BCUT2D eigenvalue weighted by Crippen LogP contribution is -2.22. The molecule has 0 saturated carbocycles. The van der Waals surface area contributed by atoms with Gasteiger partial charge in [0.2, 0.25) is 0 Å². The molecule has 0 atom stereocenters. The molecule has 0 unspecified atom stereocenters. The molecule has 0 bridgehead atoms. The molecule has 0 radical (unpaired) electrons. The van der Waals surface area contributed by atoms with Crippen molar-refractivity contribution in [1.82, 2.24) is 4.57 Å². The summed E-state index contributed by atoms with van der Waals surface area (Å²) in [5.74, 6) is 2.01. The second-order valence-corrected chi connectivity index (χ2v) is 13.4. The second-order valence-electron chi connectivity index (χ2n) is 6.92. The van der Waals surface area contributed by atoms with Crippen LogP contribution in [-0.2, 0) is 16.2 Å². The van der Waals surface area contributed by atoms with Crippen molar-refractivity contribution in [2.24, 2.45) is 0 Å². The van der Waals surface area contributed by atoms with Gasteiger partial charge in [0.15, 0.2) is 0 Å². The molecule has 25 heavy (non-hydrogen) atoms. The number of benzene rings is 1. The molecule has 4 nitrogen and oxygen atoms in total. The highest BCUT2D eigenvalue weighted by atomic mass is 35.5. The number of methoxy groups -OCH3 is 1. The lowest BCUT2D eigenvalue weighted by Gasteiger charge is -2.16. The summed E-state index contributed by atoms with van der Waals surface area (Å²) in [7, 11) is 0.0994. The third-order valence-corrected chi connectivity index (χ3v) is 6.04. The Morgan fingerprint density at radius 1 is 1.32 bits per heavy atom. The van der Waals surface area contributed by atoms with E-state index in [4.69, 9.17) is 39.1 Å². The van der Waals surface area contributed by atoms with Crippen LogP contribution in [0.2, 0.25) is 35.7 Å². The number of carbonyl (C=O) groups excluding carboxylic acids is 1. The molecule has 0 saturated heterocycles. The molecular formula is C18H21Cl2NO3Si. The Morgan fingerprint density at radius 2 is 2.00 bits per heavy atom. The Balaban J connectivity index is 2.52. The van der Waals surface area contributed by atoms with Gasteiger partial charge < -0.3 is 14.0 Å². The van der Waals surface area contributed by atoms with E-state index >= 15 is 0 Å². The number of rotatable bonds is 6. The lowest BCUT2D eigenvalue weighted by atomic mass is 10.1. The van der Waals surface area contributed by atoms with E-state index in [1.54, 1.807) is 16.7 Å². The smallest absolute Gasteiger partial charge is 0.356 e. The molecule has 0 aliphatic carbocycles. The molecule has 0 aliphatic heterocycles. The first kappa shape index (κ1) is 19.9. The number of esters is 1. The van der Waals surface area contributed by atoms with Crippen molar-refractivity contribution < 1.29 is 14.3 Å². The zero-order chi connectivity index (χ0) is 18.8. The van der Waals surface area contributed by atoms with Crippen LogP contribution < -0.4 is 0 Å². The Kier molecular flexibility index (Phi) is 6.23. The molecule has 1 aromatic carbocycles. The van der Waals surface area contributed by atoms with Gasteiger partial charge in [-0.3, -0.25) is 0 Å². The normalized spacial score (nSPS) is 11.6. The number of aromatic nitrogens is 1. The van der Waals surface area contributed by atoms with Crippen molar-refractivity contribution in [3.05, 3.63) is 33.4 Å². The number of fused-ring (bicyclic) bond motifs is 1. The third-order valence-electron chi connectivity index (χ3n) is 3.82. The van der Waals surface area contributed by atoms with E-state index in [0.717, 1.165) is 6.04 Å². The van der Waals surface area contributed by atoms with E-state index in [1.807, 2.05) is 0 Å². The summed E-state index contributed by atoms with van der Waals surface area (Å²) in [5.41, 5.74) is 1.29. The topological polar surface area (TPSA) is 40.5 Å². The Labute approximate surface area is 159 Å². The van der Waals surface area contributed by atoms with Crippen LogP contribution in [0, 0.1) is 12.3 Å². The first-order chi connectivity index (χ1) is 11.7. The largest absolute Gasteiger partial charge is 0.464 e. The summed E-state index contributed by atoms with van der Waals surface area (Å²) < 4.78 is 12.4. The molecule has 0 N–H and O–H groups in total. The molecule has 0 spiro atoms. The summed E-state index contributed by atoms with van der Waals surface area (Å²) in [4.78, 5) is 12.3. The van der Waals surface area contributed by atoms with Gasteiger partial charge in [-0.25, -0.2) is 4.79 Å². The van der Waals surface area contributed by atoms with Gasteiger partial charge in [0.05, 0.1) is 23.2 Å².